The fourth-order valence-electron chi connectivity index (χ4n) is 1.88. The zero-order valence-electron chi connectivity index (χ0n) is 13.3. The first-order valence-corrected chi connectivity index (χ1v) is 8.07. The molecule has 0 bridgehead atoms. The van der Waals surface area contributed by atoms with Crippen LogP contribution in [0.15, 0.2) is 29.6 Å². The molecular formula is C16H20FN3O2S. The van der Waals surface area contributed by atoms with Crippen LogP contribution in [0.5, 0.6) is 0 Å². The number of nitrogens with zero attached hydrogens (tertiary/aromatic N) is 2. The Bertz CT molecular complexity index is 670. The monoisotopic (exact) mass is 337 g/mol. The van der Waals surface area contributed by atoms with Crippen LogP contribution in [0.3, 0.4) is 0 Å². The van der Waals surface area contributed by atoms with E-state index >= 15 is 0 Å². The van der Waals surface area contributed by atoms with Crippen molar-refractivity contribution in [3.8, 4) is 0 Å². The Hall–Kier alpha value is -1.83. The minimum Gasteiger partial charge on any atom is -0.394 e. The van der Waals surface area contributed by atoms with Gasteiger partial charge in [-0.1, -0.05) is 0 Å². The summed E-state index contributed by atoms with van der Waals surface area (Å²) in [6, 6.07) is 5.71. The van der Waals surface area contributed by atoms with Crippen molar-refractivity contribution in [2.45, 2.75) is 32.9 Å². The quantitative estimate of drug-likeness (QED) is 0.851. The summed E-state index contributed by atoms with van der Waals surface area (Å²) in [5.41, 5.74) is 0.949. The fourth-order valence-corrected chi connectivity index (χ4v) is 2.77. The van der Waals surface area contributed by atoms with Gasteiger partial charge in [-0.25, -0.2) is 9.37 Å². The van der Waals surface area contributed by atoms with Crippen LogP contribution in [0.2, 0.25) is 0 Å². The number of rotatable bonds is 6. The van der Waals surface area contributed by atoms with Crippen LogP contribution in [0.25, 0.3) is 0 Å². The normalized spacial score (nSPS) is 11.5. The van der Waals surface area contributed by atoms with E-state index in [0.717, 1.165) is 5.69 Å². The number of nitrogens with one attached hydrogen (secondary N) is 1. The number of benzene rings is 1. The van der Waals surface area contributed by atoms with E-state index in [1.807, 2.05) is 19.2 Å². The molecule has 23 heavy (non-hydrogen) atoms. The molecule has 1 amide bonds. The lowest BCUT2D eigenvalue weighted by Crippen LogP contribution is -2.42. The Morgan fingerprint density at radius 3 is 2.61 bits per heavy atom. The first-order valence-electron chi connectivity index (χ1n) is 7.19. The molecular weight excluding hydrogens is 317 g/mol. The molecule has 0 atom stereocenters. The Kier molecular flexibility index (Phi) is 5.46. The number of aliphatic hydroxyl groups excluding tert-OH is 1. The maximum absolute atomic E-state index is 13.1. The van der Waals surface area contributed by atoms with Gasteiger partial charge in [-0.05, 0) is 38.1 Å². The number of amides is 1. The van der Waals surface area contributed by atoms with Gasteiger partial charge in [-0.15, -0.1) is 11.3 Å². The molecule has 0 aliphatic rings. The lowest BCUT2D eigenvalue weighted by molar-refractivity contribution is -0.115. The number of hydrogen-bond donors (Lipinski definition) is 2. The van der Waals surface area contributed by atoms with Crippen LogP contribution >= 0.6 is 11.3 Å². The minimum atomic E-state index is -0.402. The number of thiazole rings is 1. The highest BCUT2D eigenvalue weighted by Crippen LogP contribution is 2.29. The van der Waals surface area contributed by atoms with E-state index < -0.39 is 5.54 Å². The second-order valence-corrected chi connectivity index (χ2v) is 6.68. The summed E-state index contributed by atoms with van der Waals surface area (Å²) in [5.74, 6) is -0.548. The predicted molar refractivity (Wildman–Crippen MR) is 89.3 cm³/mol. The Morgan fingerprint density at radius 2 is 2.04 bits per heavy atom. The van der Waals surface area contributed by atoms with Gasteiger partial charge in [0.2, 0.25) is 5.91 Å². The third-order valence-corrected chi connectivity index (χ3v) is 4.15. The van der Waals surface area contributed by atoms with Crippen molar-refractivity contribution in [1.82, 2.24) is 10.3 Å². The average molecular weight is 337 g/mol. The summed E-state index contributed by atoms with van der Waals surface area (Å²) in [7, 11) is 0. The molecule has 2 rings (SSSR count). The second kappa shape index (κ2) is 7.16. The molecule has 1 aromatic carbocycles. The van der Waals surface area contributed by atoms with E-state index in [1.165, 1.54) is 35.3 Å². The number of aromatic nitrogens is 1. The number of carbonyl (C=O) groups is 1. The lowest BCUT2D eigenvalue weighted by atomic mass is 10.1. The van der Waals surface area contributed by atoms with Gasteiger partial charge in [0.1, 0.15) is 5.82 Å². The highest BCUT2D eigenvalue weighted by molar-refractivity contribution is 7.14. The Morgan fingerprint density at radius 1 is 1.39 bits per heavy atom. The number of aliphatic hydroxyl groups is 1. The summed E-state index contributed by atoms with van der Waals surface area (Å²) in [6.07, 6.45) is 0. The van der Waals surface area contributed by atoms with E-state index in [9.17, 15) is 14.3 Å². The van der Waals surface area contributed by atoms with Crippen molar-refractivity contribution in [2.75, 3.05) is 11.5 Å². The molecule has 0 unspecified atom stereocenters. The first-order chi connectivity index (χ1) is 10.8. The molecule has 0 saturated heterocycles. The number of carbonyl (C=O) groups excluding carboxylic acids is 1. The van der Waals surface area contributed by atoms with Crippen molar-refractivity contribution < 1.29 is 14.3 Å². The van der Waals surface area contributed by atoms with Gasteiger partial charge in [0.25, 0.3) is 0 Å². The van der Waals surface area contributed by atoms with Gasteiger partial charge in [0.15, 0.2) is 5.13 Å². The van der Waals surface area contributed by atoms with Gasteiger partial charge in [0, 0.05) is 24.4 Å². The zero-order valence-corrected chi connectivity index (χ0v) is 14.2. The molecule has 2 aromatic rings. The van der Waals surface area contributed by atoms with E-state index in [2.05, 4.69) is 10.3 Å². The molecule has 0 aliphatic heterocycles. The topological polar surface area (TPSA) is 65.5 Å². The van der Waals surface area contributed by atoms with Crippen molar-refractivity contribution in [1.29, 1.82) is 0 Å². The van der Waals surface area contributed by atoms with Gasteiger partial charge >= 0.3 is 0 Å². The van der Waals surface area contributed by atoms with Crippen LogP contribution in [0.4, 0.5) is 15.2 Å². The van der Waals surface area contributed by atoms with Gasteiger partial charge in [-0.2, -0.15) is 0 Å². The lowest BCUT2D eigenvalue weighted by Gasteiger charge is -2.22. The SMILES string of the molecule is CC(=O)N(c1ccc(F)cc1)c1nc(CNC(C)(C)CO)cs1. The van der Waals surface area contributed by atoms with Crippen LogP contribution in [-0.2, 0) is 11.3 Å². The molecule has 1 aromatic heterocycles. The fraction of sp³-hybridized carbons (Fsp3) is 0.375. The molecule has 1 heterocycles. The number of halogens is 1. The largest absolute Gasteiger partial charge is 0.394 e. The molecule has 2 N–H and O–H groups in total. The zero-order chi connectivity index (χ0) is 17.0. The smallest absolute Gasteiger partial charge is 0.230 e. The molecule has 0 saturated carbocycles. The summed E-state index contributed by atoms with van der Waals surface area (Å²) in [4.78, 5) is 17.9. The molecule has 0 fully saturated rings. The summed E-state index contributed by atoms with van der Waals surface area (Å²) < 4.78 is 13.1. The third-order valence-electron chi connectivity index (χ3n) is 3.27. The summed E-state index contributed by atoms with van der Waals surface area (Å²) >= 11 is 1.34. The van der Waals surface area contributed by atoms with E-state index in [1.54, 1.807) is 12.1 Å². The Balaban J connectivity index is 2.18. The maximum Gasteiger partial charge on any atom is 0.230 e. The highest BCUT2D eigenvalue weighted by Gasteiger charge is 2.19. The second-order valence-electron chi connectivity index (χ2n) is 5.85. The molecule has 0 aliphatic carbocycles. The van der Waals surface area contributed by atoms with Crippen LogP contribution in [0.1, 0.15) is 26.5 Å². The van der Waals surface area contributed by atoms with Gasteiger partial charge in [-0.3, -0.25) is 9.69 Å². The van der Waals surface area contributed by atoms with E-state index in [4.69, 9.17) is 0 Å². The van der Waals surface area contributed by atoms with Gasteiger partial charge in [0.05, 0.1) is 18.0 Å². The minimum absolute atomic E-state index is 0.0130. The van der Waals surface area contributed by atoms with Crippen molar-refractivity contribution in [3.63, 3.8) is 0 Å². The van der Waals surface area contributed by atoms with Crippen LogP contribution in [0, 0.1) is 5.82 Å². The molecule has 7 heteroatoms. The maximum atomic E-state index is 13.1. The molecule has 0 spiro atoms. The molecule has 124 valence electrons. The summed E-state index contributed by atoms with van der Waals surface area (Å²) in [5, 5.41) is 14.8. The molecule has 5 nitrogen and oxygen atoms in total. The van der Waals surface area contributed by atoms with Gasteiger partial charge < -0.3 is 10.4 Å². The van der Waals surface area contributed by atoms with E-state index in [0.29, 0.717) is 17.4 Å². The molecule has 0 radical (unpaired) electrons. The first kappa shape index (κ1) is 17.5. The van der Waals surface area contributed by atoms with Crippen LogP contribution < -0.4 is 10.2 Å². The average Bonchev–Trinajstić information content (AvgIpc) is 2.96. The predicted octanol–water partition coefficient (Wildman–Crippen LogP) is 2.83. The summed E-state index contributed by atoms with van der Waals surface area (Å²) in [6.45, 7) is 5.72. The highest BCUT2D eigenvalue weighted by atomic mass is 32.1. The Labute approximate surface area is 138 Å². The van der Waals surface area contributed by atoms with Crippen molar-refractivity contribution >= 4 is 28.1 Å². The van der Waals surface area contributed by atoms with Crippen LogP contribution in [-0.4, -0.2) is 28.1 Å². The van der Waals surface area contributed by atoms with Crippen molar-refractivity contribution in [3.05, 3.63) is 41.2 Å². The number of hydrogen-bond acceptors (Lipinski definition) is 5. The standard InChI is InChI=1S/C16H20FN3O2S/c1-11(22)20(14-6-4-12(17)5-7-14)15-19-13(9-23-15)8-18-16(2,3)10-21/h4-7,9,18,21H,8,10H2,1-3H3. The third kappa shape index (κ3) is 4.57. The number of anilines is 2. The van der Waals surface area contributed by atoms with Crippen molar-refractivity contribution in [2.24, 2.45) is 0 Å². The van der Waals surface area contributed by atoms with E-state index in [-0.39, 0.29) is 18.3 Å².